The van der Waals surface area contributed by atoms with Crippen LogP contribution >= 0.6 is 0 Å². The van der Waals surface area contributed by atoms with E-state index in [1.807, 2.05) is 0 Å². The van der Waals surface area contributed by atoms with Gasteiger partial charge in [-0.2, -0.15) is 5.26 Å². The summed E-state index contributed by atoms with van der Waals surface area (Å²) in [5.41, 5.74) is -5.35. The van der Waals surface area contributed by atoms with Crippen LogP contribution in [0.3, 0.4) is 0 Å². The van der Waals surface area contributed by atoms with Crippen molar-refractivity contribution in [1.82, 2.24) is 4.58 Å². The van der Waals surface area contributed by atoms with Crippen molar-refractivity contribution in [2.75, 3.05) is 31.1 Å². The van der Waals surface area contributed by atoms with Crippen LogP contribution in [0.4, 0.5) is 27.6 Å². The van der Waals surface area contributed by atoms with E-state index in [1.165, 1.54) is 30.3 Å². The van der Waals surface area contributed by atoms with E-state index < -0.39 is 58.0 Å². The summed E-state index contributed by atoms with van der Waals surface area (Å²) < 4.78 is 82.2. The number of halogens is 5. The van der Waals surface area contributed by atoms with Gasteiger partial charge in [-0.15, -0.1) is 0 Å². The molecule has 3 heterocycles. The molecule has 2 fully saturated rings. The van der Waals surface area contributed by atoms with Crippen LogP contribution in [0.25, 0.3) is 38.3 Å². The maximum Gasteiger partial charge on any atom is 0.343 e. The second-order valence-corrected chi connectivity index (χ2v) is 10.5. The summed E-state index contributed by atoms with van der Waals surface area (Å²) in [7, 11) is 0. The van der Waals surface area contributed by atoms with Crippen molar-refractivity contribution in [2.45, 2.75) is 24.8 Å². The van der Waals surface area contributed by atoms with Crippen LogP contribution in [-0.4, -0.2) is 49.6 Å². The quantitative estimate of drug-likeness (QED) is 0.117. The molecule has 42 heavy (non-hydrogen) atoms. The lowest BCUT2D eigenvalue weighted by molar-refractivity contribution is 0.0690. The Balaban J connectivity index is 1.76. The first-order valence-electron chi connectivity index (χ1n) is 12.8. The molecule has 1 atom stereocenters. The van der Waals surface area contributed by atoms with Gasteiger partial charge in [0.1, 0.15) is 34.5 Å². The fourth-order valence-electron chi connectivity index (χ4n) is 5.46. The van der Waals surface area contributed by atoms with E-state index in [2.05, 4.69) is 4.85 Å². The molecule has 2 saturated heterocycles. The van der Waals surface area contributed by atoms with E-state index in [-0.39, 0.29) is 54.0 Å². The normalized spacial score (nSPS) is 18.2. The highest BCUT2D eigenvalue weighted by Gasteiger charge is 2.45. The van der Waals surface area contributed by atoms with Gasteiger partial charge >= 0.3 is 11.5 Å². The van der Waals surface area contributed by atoms with Crippen molar-refractivity contribution in [3.8, 4) is 28.5 Å². The number of anilines is 1. The number of carboxylic acids is 1. The fraction of sp³-hybridized carbons (Fsp3) is 0.267. The molecule has 1 aliphatic carbocycles. The molecular formula is C30H20F5N4O3+. The summed E-state index contributed by atoms with van der Waals surface area (Å²) in [5, 5.41) is 20.2. The average molecular weight is 580 g/mol. The first-order chi connectivity index (χ1) is 20.0. The van der Waals surface area contributed by atoms with Gasteiger partial charge in [0.05, 0.1) is 19.2 Å². The number of nitrogens with zero attached hydrogens (tertiary/aromatic N) is 4. The van der Waals surface area contributed by atoms with Gasteiger partial charge in [0.15, 0.2) is 30.8 Å². The molecule has 2 aromatic carbocycles. The Bertz CT molecular complexity index is 1930. The third-order valence-corrected chi connectivity index (χ3v) is 7.81. The summed E-state index contributed by atoms with van der Waals surface area (Å²) >= 11 is 0. The van der Waals surface area contributed by atoms with Gasteiger partial charge < -0.3 is 14.4 Å². The predicted octanol–water partition coefficient (Wildman–Crippen LogP) is 5.26. The molecule has 0 amide bonds. The summed E-state index contributed by atoms with van der Waals surface area (Å²) in [6, 6.07) is 10.7. The van der Waals surface area contributed by atoms with E-state index in [1.54, 1.807) is 21.6 Å². The van der Waals surface area contributed by atoms with Crippen LogP contribution in [0, 0.1) is 35.4 Å². The molecule has 0 saturated carbocycles. The monoisotopic (exact) mass is 579 g/mol. The molecule has 0 bridgehead atoms. The average Bonchev–Trinajstić information content (AvgIpc) is 2.93. The standard InChI is InChI=1S/C30H19F5N4O3/c1-30(13-36,37-2)25-26(33)23(24(29(40)41)27(34)28(25)35)22-18-5-3-16(38-9-14(31)10-38)7-20(18)42-21-8-17(4-6-19(21)22)39-11-15(32)12-39/h3-8,14-15H,9-12H2,1H3/p+1. The molecule has 0 aromatic heterocycles. The van der Waals surface area contributed by atoms with Crippen LogP contribution in [-0.2, 0) is 5.54 Å². The Labute approximate surface area is 235 Å². The van der Waals surface area contributed by atoms with Crippen LogP contribution in [0.2, 0.25) is 0 Å². The van der Waals surface area contributed by atoms with Gasteiger partial charge in [-0.05, 0) is 18.2 Å². The molecule has 6 rings (SSSR count). The molecule has 1 unspecified atom stereocenters. The molecular weight excluding hydrogens is 559 g/mol. The highest BCUT2D eigenvalue weighted by molar-refractivity contribution is 6.08. The zero-order chi connectivity index (χ0) is 30.1. The van der Waals surface area contributed by atoms with Crippen molar-refractivity contribution in [3.05, 3.63) is 81.8 Å². The maximum atomic E-state index is 16.5. The predicted molar refractivity (Wildman–Crippen MR) is 142 cm³/mol. The first-order valence-corrected chi connectivity index (χ1v) is 12.8. The molecule has 7 nitrogen and oxygen atoms in total. The van der Waals surface area contributed by atoms with Crippen molar-refractivity contribution >= 4 is 22.6 Å². The van der Waals surface area contributed by atoms with Gasteiger partial charge in [-0.1, -0.05) is 0 Å². The highest BCUT2D eigenvalue weighted by atomic mass is 19.2. The number of fused-ring (bicyclic) bond motifs is 2. The molecule has 212 valence electrons. The Morgan fingerprint density at radius 2 is 1.81 bits per heavy atom. The zero-order valence-corrected chi connectivity index (χ0v) is 21.9. The van der Waals surface area contributed by atoms with Crippen molar-refractivity contribution in [3.63, 3.8) is 0 Å². The lowest BCUT2D eigenvalue weighted by Gasteiger charge is -2.36. The second-order valence-electron chi connectivity index (χ2n) is 10.5. The number of carbonyl (C=O) groups is 1. The number of benzene rings is 3. The number of hydrogen-bond donors (Lipinski definition) is 1. The number of rotatable bonds is 4. The smallest absolute Gasteiger partial charge is 0.343 e. The largest absolute Gasteiger partial charge is 0.478 e. The Kier molecular flexibility index (Phi) is 6.19. The third-order valence-electron chi connectivity index (χ3n) is 7.81. The number of nitriles is 1. The Morgan fingerprint density at radius 1 is 1.10 bits per heavy atom. The number of carboxylic acid groups (broad SMARTS) is 1. The summed E-state index contributed by atoms with van der Waals surface area (Å²) in [4.78, 5) is 17.1. The van der Waals surface area contributed by atoms with Crippen molar-refractivity contribution in [2.24, 2.45) is 0 Å². The number of hydrogen-bond acceptors (Lipinski definition) is 4. The molecule has 4 aliphatic rings. The van der Waals surface area contributed by atoms with Crippen LogP contribution in [0.1, 0.15) is 22.8 Å². The minimum absolute atomic E-state index is 0.0941. The number of alkyl halides is 2. The van der Waals surface area contributed by atoms with Gasteiger partial charge in [-0.25, -0.2) is 37.9 Å². The highest BCUT2D eigenvalue weighted by Crippen LogP contribution is 2.46. The third kappa shape index (κ3) is 3.97. The Morgan fingerprint density at radius 3 is 2.40 bits per heavy atom. The molecule has 2 aromatic rings. The molecule has 0 spiro atoms. The lowest BCUT2D eigenvalue weighted by Crippen LogP contribution is -2.50. The topological polar surface area (TPSA) is 84.8 Å². The van der Waals surface area contributed by atoms with Gasteiger partial charge in [0.25, 0.3) is 0 Å². The summed E-state index contributed by atoms with van der Waals surface area (Å²) in [5.74, 6) is -7.35. The zero-order valence-electron chi connectivity index (χ0n) is 21.9. The van der Waals surface area contributed by atoms with E-state index >= 15 is 13.2 Å². The maximum absolute atomic E-state index is 16.5. The number of aromatic carboxylic acids is 1. The molecule has 0 radical (unpaired) electrons. The first kappa shape index (κ1) is 27.2. The Hall–Kier alpha value is -4.97. The van der Waals surface area contributed by atoms with E-state index in [0.717, 1.165) is 6.92 Å². The fourth-order valence-corrected chi connectivity index (χ4v) is 5.46. The van der Waals surface area contributed by atoms with Gasteiger partial charge in [0.2, 0.25) is 11.5 Å². The second kappa shape index (κ2) is 9.55. The van der Waals surface area contributed by atoms with Crippen LogP contribution in [0.5, 0.6) is 0 Å². The summed E-state index contributed by atoms with van der Waals surface area (Å²) in [6.45, 7) is 8.80. The van der Waals surface area contributed by atoms with Crippen LogP contribution in [0.15, 0.2) is 40.8 Å². The van der Waals surface area contributed by atoms with Gasteiger partial charge in [-0.3, -0.25) is 4.85 Å². The van der Waals surface area contributed by atoms with E-state index in [9.17, 15) is 23.9 Å². The lowest BCUT2D eigenvalue weighted by atomic mass is 9.84. The minimum Gasteiger partial charge on any atom is -0.478 e. The molecule has 1 N–H and O–H groups in total. The van der Waals surface area contributed by atoms with E-state index in [4.69, 9.17) is 11.0 Å². The SMILES string of the molecule is [C-]#[N+]C(C)(C#N)c1c(F)c(F)c(C(=O)O)c(-c2c3ccc(=[N+]4CC(F)C4)cc-3oc3cc(N4CC(F)C4)ccc23)c1F. The minimum atomic E-state index is -2.52. The van der Waals surface area contributed by atoms with Crippen LogP contribution < -0.4 is 14.8 Å². The van der Waals surface area contributed by atoms with E-state index in [0.29, 0.717) is 11.0 Å². The van der Waals surface area contributed by atoms with Crippen molar-refractivity contribution in [1.29, 1.82) is 5.26 Å². The molecule has 12 heteroatoms. The molecule has 3 aliphatic heterocycles. The van der Waals surface area contributed by atoms with Crippen molar-refractivity contribution < 1.29 is 36.3 Å². The summed E-state index contributed by atoms with van der Waals surface area (Å²) in [6.07, 6.45) is -2.04. The van der Waals surface area contributed by atoms with Gasteiger partial charge in [0, 0.05) is 46.8 Å².